The van der Waals surface area contributed by atoms with Gasteiger partial charge in [-0.1, -0.05) is 0 Å². The van der Waals surface area contributed by atoms with Gasteiger partial charge in [0.05, 0.1) is 38.8 Å². The molecule has 102 valence electrons. The van der Waals surface area contributed by atoms with E-state index in [0.29, 0.717) is 40.2 Å². The summed E-state index contributed by atoms with van der Waals surface area (Å²) in [5.74, 6) is 0.437. The van der Waals surface area contributed by atoms with Crippen molar-refractivity contribution in [1.82, 2.24) is 19.1 Å². The Morgan fingerprint density at radius 2 is 2.00 bits per heavy atom. The van der Waals surface area contributed by atoms with E-state index in [9.17, 15) is 0 Å². The first kappa shape index (κ1) is 6.85. The molecule has 0 atom stereocenters. The molecule has 5 heteroatoms. The van der Waals surface area contributed by atoms with Crippen LogP contribution in [-0.2, 0) is 20.5 Å². The van der Waals surface area contributed by atoms with Gasteiger partial charge in [0.2, 0.25) is 11.5 Å². The van der Waals surface area contributed by atoms with Gasteiger partial charge in [0.25, 0.3) is 5.65 Å². The summed E-state index contributed by atoms with van der Waals surface area (Å²) in [6, 6.07) is 6.93. The van der Waals surface area contributed by atoms with Gasteiger partial charge < -0.3 is 0 Å². The summed E-state index contributed by atoms with van der Waals surface area (Å²) in [4.78, 5) is 8.57. The van der Waals surface area contributed by atoms with Gasteiger partial charge in [0, 0.05) is 12.4 Å². The van der Waals surface area contributed by atoms with Gasteiger partial charge in [-0.2, -0.15) is 0 Å². The maximum absolute atomic E-state index is 8.11. The van der Waals surface area contributed by atoms with Crippen LogP contribution in [0, 0.1) is 0 Å². The number of pyridine rings is 2. The van der Waals surface area contributed by atoms with Crippen LogP contribution in [0.1, 0.15) is 13.9 Å². The molecule has 0 aromatic carbocycles. The van der Waals surface area contributed by atoms with Crippen LogP contribution in [-0.4, -0.2) is 19.1 Å². The Morgan fingerprint density at radius 3 is 2.90 bits per heavy atom. The van der Waals surface area contributed by atoms with Crippen LogP contribution in [0.4, 0.5) is 0 Å². The zero-order chi connectivity index (χ0) is 19.1. The lowest BCUT2D eigenvalue weighted by atomic mass is 10.2. The lowest BCUT2D eigenvalue weighted by molar-refractivity contribution is -0.649. The average Bonchev–Trinajstić information content (AvgIpc) is 3.19. The molecule has 0 fully saturated rings. The largest absolute Gasteiger partial charge is 0.271 e. The third-order valence-electron chi connectivity index (χ3n) is 4.06. The average molecular weight is 282 g/mol. The normalized spacial score (nSPS) is 18.5. The molecule has 5 nitrogen and oxygen atoms in total. The number of aromatic nitrogens is 5. The number of nitrogens with zero attached hydrogens (tertiary/aromatic N) is 5. The second-order valence-electron chi connectivity index (χ2n) is 5.13. The van der Waals surface area contributed by atoms with Crippen molar-refractivity contribution in [1.29, 1.82) is 0 Å². The van der Waals surface area contributed by atoms with Crippen LogP contribution in [0.3, 0.4) is 0 Å². The van der Waals surface area contributed by atoms with E-state index in [2.05, 4.69) is 9.97 Å². The van der Waals surface area contributed by atoms with Crippen LogP contribution in [0.25, 0.3) is 33.6 Å². The molecule has 0 amide bonds. The van der Waals surface area contributed by atoms with Gasteiger partial charge in [0.1, 0.15) is 6.54 Å². The van der Waals surface area contributed by atoms with Gasteiger partial charge in [-0.25, -0.2) is 14.1 Å². The van der Waals surface area contributed by atoms with Gasteiger partial charge in [-0.3, -0.25) is 9.55 Å². The predicted molar refractivity (Wildman–Crippen MR) is 79.7 cm³/mol. The molecule has 4 aromatic heterocycles. The molecular formula is C16H14N5+. The Balaban J connectivity index is 2.07. The van der Waals surface area contributed by atoms with Crippen molar-refractivity contribution < 1.29 is 12.8 Å². The maximum atomic E-state index is 8.11. The molecule has 0 unspecified atom stereocenters. The lowest BCUT2D eigenvalue weighted by Gasteiger charge is -1.97. The van der Waals surface area contributed by atoms with Crippen LogP contribution in [0.2, 0.25) is 0 Å². The minimum absolute atomic E-state index is 0.236. The summed E-state index contributed by atoms with van der Waals surface area (Å²) in [5, 5.41) is 0.493. The van der Waals surface area contributed by atoms with Crippen molar-refractivity contribution in [2.24, 2.45) is 14.0 Å². The summed E-state index contributed by atoms with van der Waals surface area (Å²) < 4.78 is 52.5. The standard InChI is InChI=1S/C16H14N5/c1-19-13-11-6-4-8-18-14(11)20(2)16(13)21-9-12-10(15(19)21)5-3-7-17-12/h3-8H,9H2,1-2H3/q+1/i1D3,2D3. The minimum Gasteiger partial charge on any atom is -0.257 e. The zero-order valence-corrected chi connectivity index (χ0v) is 10.9. The fourth-order valence-corrected chi connectivity index (χ4v) is 3.22. The van der Waals surface area contributed by atoms with Crippen molar-refractivity contribution in [3.05, 3.63) is 42.4 Å². The summed E-state index contributed by atoms with van der Waals surface area (Å²) >= 11 is 0. The minimum atomic E-state index is -2.52. The molecule has 1 aliphatic rings. The Hall–Kier alpha value is -2.69. The Morgan fingerprint density at radius 1 is 1.14 bits per heavy atom. The Labute approximate surface area is 129 Å². The number of imidazole rings is 1. The molecule has 21 heavy (non-hydrogen) atoms. The number of hydrogen-bond donors (Lipinski definition) is 0. The highest BCUT2D eigenvalue weighted by molar-refractivity contribution is 6.03. The number of fused-ring (bicyclic) bond motifs is 7. The fourth-order valence-electron chi connectivity index (χ4n) is 3.22. The second-order valence-corrected chi connectivity index (χ2v) is 5.13. The van der Waals surface area contributed by atoms with E-state index in [1.165, 1.54) is 10.8 Å². The molecule has 0 saturated carbocycles. The fraction of sp³-hybridized carbons (Fsp3) is 0.188. The summed E-state index contributed by atoms with van der Waals surface area (Å²) in [6.07, 6.45) is 3.15. The van der Waals surface area contributed by atoms with E-state index in [1.54, 1.807) is 29.0 Å². The van der Waals surface area contributed by atoms with Crippen LogP contribution in [0.15, 0.2) is 36.7 Å². The van der Waals surface area contributed by atoms with Crippen LogP contribution in [0.5, 0.6) is 0 Å². The smallest absolute Gasteiger partial charge is 0.257 e. The molecule has 1 aliphatic heterocycles. The van der Waals surface area contributed by atoms with Gasteiger partial charge in [0.15, 0.2) is 5.52 Å². The van der Waals surface area contributed by atoms with Crippen molar-refractivity contribution in [2.75, 3.05) is 0 Å². The third-order valence-corrected chi connectivity index (χ3v) is 4.06. The first-order chi connectivity index (χ1) is 12.7. The van der Waals surface area contributed by atoms with Crippen molar-refractivity contribution in [2.45, 2.75) is 6.54 Å². The Kier molecular flexibility index (Phi) is 1.14. The summed E-state index contributed by atoms with van der Waals surface area (Å²) in [6.45, 7) is -4.71. The van der Waals surface area contributed by atoms with Crippen molar-refractivity contribution in [3.8, 4) is 11.4 Å². The SMILES string of the molecule is [2H]C([2H])([2H])n1c2[n+](c3c1c1cccnc1n3C([2H])([2H])[2H])Cc1ncccc1-2. The third kappa shape index (κ3) is 1.15. The highest BCUT2D eigenvalue weighted by Crippen LogP contribution is 2.33. The predicted octanol–water partition coefficient (Wildman–Crippen LogP) is 1.78. The van der Waals surface area contributed by atoms with E-state index in [1.807, 2.05) is 6.07 Å². The molecule has 5 rings (SSSR count). The van der Waals surface area contributed by atoms with Crippen LogP contribution < -0.4 is 4.57 Å². The highest BCUT2D eigenvalue weighted by atomic mass is 15.3. The van der Waals surface area contributed by atoms with Gasteiger partial charge in [-0.05, 0) is 24.3 Å². The quantitative estimate of drug-likeness (QED) is 0.406. The Bertz CT molecular complexity index is 1230. The van der Waals surface area contributed by atoms with E-state index in [4.69, 9.17) is 8.22 Å². The van der Waals surface area contributed by atoms with E-state index < -0.39 is 14.0 Å². The first-order valence-corrected chi connectivity index (χ1v) is 6.58. The van der Waals surface area contributed by atoms with Gasteiger partial charge in [-0.15, -0.1) is 0 Å². The monoisotopic (exact) mass is 282 g/mol. The molecule has 0 saturated heterocycles. The number of aryl methyl sites for hydroxylation is 2. The first-order valence-electron chi connectivity index (χ1n) is 9.58. The molecule has 0 N–H and O–H groups in total. The topological polar surface area (TPSA) is 39.5 Å². The second kappa shape index (κ2) is 3.49. The molecule has 5 heterocycles. The number of hydrogen-bond acceptors (Lipinski definition) is 2. The van der Waals surface area contributed by atoms with E-state index >= 15 is 0 Å². The summed E-state index contributed by atoms with van der Waals surface area (Å²) in [7, 11) is 0. The molecule has 0 aliphatic carbocycles. The van der Waals surface area contributed by atoms with E-state index in [0.717, 1.165) is 4.57 Å². The maximum Gasteiger partial charge on any atom is 0.271 e. The molecular weight excluding hydrogens is 262 g/mol. The summed E-state index contributed by atoms with van der Waals surface area (Å²) in [5.41, 5.74) is 2.30. The zero-order valence-electron chi connectivity index (χ0n) is 16.9. The van der Waals surface area contributed by atoms with Crippen molar-refractivity contribution >= 4 is 22.2 Å². The molecule has 4 aromatic rings. The number of rotatable bonds is 0. The molecule has 0 spiro atoms. The highest BCUT2D eigenvalue weighted by Gasteiger charge is 2.35. The lowest BCUT2D eigenvalue weighted by Crippen LogP contribution is -2.33. The van der Waals surface area contributed by atoms with Gasteiger partial charge >= 0.3 is 0 Å². The van der Waals surface area contributed by atoms with Crippen LogP contribution >= 0.6 is 0 Å². The molecule has 0 radical (unpaired) electrons. The molecule has 0 bridgehead atoms. The van der Waals surface area contributed by atoms with E-state index in [-0.39, 0.29) is 5.65 Å². The van der Waals surface area contributed by atoms with Crippen molar-refractivity contribution in [3.63, 3.8) is 0 Å².